The van der Waals surface area contributed by atoms with E-state index < -0.39 is 0 Å². The van der Waals surface area contributed by atoms with Gasteiger partial charge in [-0.15, -0.1) is 35.3 Å². The Morgan fingerprint density at radius 1 is 1.22 bits per heavy atom. The highest BCUT2D eigenvalue weighted by Gasteiger charge is 2.05. The lowest BCUT2D eigenvalue weighted by molar-refractivity contribution is 0.687. The van der Waals surface area contributed by atoms with Crippen LogP contribution in [-0.4, -0.2) is 34.1 Å². The predicted octanol–water partition coefficient (Wildman–Crippen LogP) is 3.22. The molecule has 0 aliphatic heterocycles. The number of aryl methyl sites for hydroxylation is 1. The van der Waals surface area contributed by atoms with Gasteiger partial charge in [0, 0.05) is 44.3 Å². The second kappa shape index (κ2) is 11.0. The Hall–Kier alpha value is -1.94. The molecule has 0 fully saturated rings. The average Bonchev–Trinajstić information content (AvgIpc) is 3.27. The van der Waals surface area contributed by atoms with Crippen molar-refractivity contribution in [2.75, 3.05) is 13.6 Å². The Kier molecular flexibility index (Phi) is 8.73. The molecule has 27 heavy (non-hydrogen) atoms. The van der Waals surface area contributed by atoms with Gasteiger partial charge in [-0.25, -0.2) is 9.97 Å². The molecule has 0 bridgehead atoms. The van der Waals surface area contributed by atoms with Crippen molar-refractivity contribution in [1.82, 2.24) is 25.2 Å². The summed E-state index contributed by atoms with van der Waals surface area (Å²) in [5.74, 6) is 1.75. The molecular formula is C19H25IN6S. The van der Waals surface area contributed by atoms with Gasteiger partial charge in [-0.2, -0.15) is 0 Å². The van der Waals surface area contributed by atoms with Crippen molar-refractivity contribution in [2.45, 2.75) is 26.4 Å². The third kappa shape index (κ3) is 6.62. The molecule has 0 spiro atoms. The topological polar surface area (TPSA) is 67.1 Å². The van der Waals surface area contributed by atoms with Crippen LogP contribution in [0.25, 0.3) is 0 Å². The van der Waals surface area contributed by atoms with Crippen LogP contribution in [0.1, 0.15) is 22.1 Å². The Bertz CT molecular complexity index is 843. The van der Waals surface area contributed by atoms with Gasteiger partial charge in [-0.3, -0.25) is 4.99 Å². The molecule has 1 aromatic carbocycles. The lowest BCUT2D eigenvalue weighted by Crippen LogP contribution is -2.38. The van der Waals surface area contributed by atoms with Gasteiger partial charge < -0.3 is 15.2 Å². The Morgan fingerprint density at radius 2 is 2.04 bits per heavy atom. The van der Waals surface area contributed by atoms with Crippen LogP contribution in [0.15, 0.2) is 53.1 Å². The predicted molar refractivity (Wildman–Crippen MR) is 122 cm³/mol. The van der Waals surface area contributed by atoms with Crippen LogP contribution in [0.4, 0.5) is 0 Å². The number of halogens is 1. The van der Waals surface area contributed by atoms with Crippen LogP contribution in [-0.2, 0) is 19.5 Å². The normalized spacial score (nSPS) is 11.1. The zero-order valence-corrected chi connectivity index (χ0v) is 18.7. The van der Waals surface area contributed by atoms with Crippen molar-refractivity contribution in [3.63, 3.8) is 0 Å². The first-order valence-corrected chi connectivity index (χ1v) is 9.52. The van der Waals surface area contributed by atoms with E-state index in [2.05, 4.69) is 59.8 Å². The summed E-state index contributed by atoms with van der Waals surface area (Å²) in [5, 5.41) is 9.86. The molecule has 3 aromatic rings. The molecular weight excluding hydrogens is 471 g/mol. The molecule has 0 saturated carbocycles. The molecule has 0 amide bonds. The largest absolute Gasteiger partial charge is 0.356 e. The van der Waals surface area contributed by atoms with E-state index in [1.807, 2.05) is 25.4 Å². The Labute approximate surface area is 181 Å². The van der Waals surface area contributed by atoms with Gasteiger partial charge in [0.15, 0.2) is 5.96 Å². The maximum atomic E-state index is 4.48. The molecule has 0 atom stereocenters. The quantitative estimate of drug-likeness (QED) is 0.300. The molecule has 2 heterocycles. The molecule has 0 aliphatic rings. The minimum atomic E-state index is 0. The highest BCUT2D eigenvalue weighted by atomic mass is 127. The summed E-state index contributed by atoms with van der Waals surface area (Å²) in [6.07, 6.45) is 4.72. The summed E-state index contributed by atoms with van der Waals surface area (Å²) in [7, 11) is 1.78. The minimum Gasteiger partial charge on any atom is -0.356 e. The van der Waals surface area contributed by atoms with Crippen LogP contribution >= 0.6 is 35.3 Å². The van der Waals surface area contributed by atoms with Gasteiger partial charge in [0.25, 0.3) is 0 Å². The van der Waals surface area contributed by atoms with Gasteiger partial charge in [0.2, 0.25) is 0 Å². The molecule has 8 heteroatoms. The van der Waals surface area contributed by atoms with Gasteiger partial charge in [0.05, 0.1) is 17.2 Å². The van der Waals surface area contributed by atoms with E-state index in [1.54, 1.807) is 18.4 Å². The number of thiazole rings is 1. The first kappa shape index (κ1) is 21.4. The van der Waals surface area contributed by atoms with E-state index in [4.69, 9.17) is 0 Å². The molecule has 0 saturated heterocycles. The summed E-state index contributed by atoms with van der Waals surface area (Å²) in [6, 6.07) is 10.4. The Balaban J connectivity index is 0.00000261. The third-order valence-corrected chi connectivity index (χ3v) is 4.80. The number of aliphatic imine (C=N–C) groups is 1. The van der Waals surface area contributed by atoms with Gasteiger partial charge in [-0.1, -0.05) is 30.3 Å². The van der Waals surface area contributed by atoms with E-state index in [0.717, 1.165) is 42.0 Å². The number of rotatable bonds is 7. The molecule has 0 aliphatic carbocycles. The molecule has 2 N–H and O–H groups in total. The molecule has 6 nitrogen and oxygen atoms in total. The molecule has 0 unspecified atom stereocenters. The van der Waals surface area contributed by atoms with E-state index in [0.29, 0.717) is 6.54 Å². The fourth-order valence-corrected chi connectivity index (χ4v) is 3.29. The van der Waals surface area contributed by atoms with Gasteiger partial charge in [0.1, 0.15) is 5.82 Å². The molecule has 3 rings (SSSR count). The summed E-state index contributed by atoms with van der Waals surface area (Å²) in [4.78, 5) is 13.2. The molecule has 0 radical (unpaired) electrons. The lowest BCUT2D eigenvalue weighted by atomic mass is 10.2. The zero-order valence-electron chi connectivity index (χ0n) is 15.6. The highest BCUT2D eigenvalue weighted by Crippen LogP contribution is 2.08. The van der Waals surface area contributed by atoms with Crippen molar-refractivity contribution in [1.29, 1.82) is 0 Å². The third-order valence-electron chi connectivity index (χ3n) is 3.98. The maximum absolute atomic E-state index is 4.48. The number of nitrogens with one attached hydrogen (secondary N) is 2. The van der Waals surface area contributed by atoms with Crippen molar-refractivity contribution >= 4 is 41.3 Å². The number of hydrogen-bond donors (Lipinski definition) is 2. The maximum Gasteiger partial charge on any atom is 0.191 e. The number of aromatic nitrogens is 3. The average molecular weight is 496 g/mol. The standard InChI is InChI=1S/C19H24N6S.HI/c1-15-24-17(14-26-15)8-9-22-19(20-2)23-12-18-21-10-11-25(18)13-16-6-4-3-5-7-16;/h3-7,10-11,14H,8-9,12-13H2,1-2H3,(H2,20,22,23);1H. The number of guanidine groups is 1. The fraction of sp³-hybridized carbons (Fsp3) is 0.316. The Morgan fingerprint density at radius 3 is 2.74 bits per heavy atom. The van der Waals surface area contributed by atoms with Crippen molar-refractivity contribution in [2.24, 2.45) is 4.99 Å². The lowest BCUT2D eigenvalue weighted by Gasteiger charge is -2.13. The summed E-state index contributed by atoms with van der Waals surface area (Å²) < 4.78 is 2.15. The molecule has 2 aromatic heterocycles. The summed E-state index contributed by atoms with van der Waals surface area (Å²) in [5.41, 5.74) is 2.38. The van der Waals surface area contributed by atoms with Gasteiger partial charge >= 0.3 is 0 Å². The van der Waals surface area contributed by atoms with E-state index in [9.17, 15) is 0 Å². The monoisotopic (exact) mass is 496 g/mol. The van der Waals surface area contributed by atoms with E-state index in [1.165, 1.54) is 5.56 Å². The second-order valence-electron chi connectivity index (χ2n) is 5.92. The van der Waals surface area contributed by atoms with Crippen LogP contribution in [0.3, 0.4) is 0 Å². The summed E-state index contributed by atoms with van der Waals surface area (Å²) >= 11 is 1.68. The zero-order chi connectivity index (χ0) is 18.2. The summed E-state index contributed by atoms with van der Waals surface area (Å²) in [6.45, 7) is 4.25. The SMILES string of the molecule is CN=C(NCCc1csc(C)n1)NCc1nccn1Cc1ccccc1.I. The minimum absolute atomic E-state index is 0. The van der Waals surface area contributed by atoms with Crippen molar-refractivity contribution in [3.05, 3.63) is 70.2 Å². The van der Waals surface area contributed by atoms with Crippen LogP contribution < -0.4 is 10.6 Å². The smallest absolute Gasteiger partial charge is 0.191 e. The van der Waals surface area contributed by atoms with Gasteiger partial charge in [-0.05, 0) is 12.5 Å². The molecule has 144 valence electrons. The van der Waals surface area contributed by atoms with Crippen LogP contribution in [0, 0.1) is 6.92 Å². The first-order chi connectivity index (χ1) is 12.7. The first-order valence-electron chi connectivity index (χ1n) is 8.64. The number of benzene rings is 1. The van der Waals surface area contributed by atoms with E-state index >= 15 is 0 Å². The fourth-order valence-electron chi connectivity index (χ4n) is 2.65. The van der Waals surface area contributed by atoms with Crippen LogP contribution in [0.5, 0.6) is 0 Å². The highest BCUT2D eigenvalue weighted by molar-refractivity contribution is 14.0. The second-order valence-corrected chi connectivity index (χ2v) is 6.98. The number of nitrogens with zero attached hydrogens (tertiary/aromatic N) is 4. The van der Waals surface area contributed by atoms with Crippen molar-refractivity contribution in [3.8, 4) is 0 Å². The van der Waals surface area contributed by atoms with E-state index in [-0.39, 0.29) is 24.0 Å². The number of imidazole rings is 1. The van der Waals surface area contributed by atoms with Crippen LogP contribution in [0.2, 0.25) is 0 Å². The number of hydrogen-bond acceptors (Lipinski definition) is 4. The van der Waals surface area contributed by atoms with Crippen molar-refractivity contribution < 1.29 is 0 Å².